The van der Waals surface area contributed by atoms with Crippen LogP contribution in [0.1, 0.15) is 181 Å². The molecule has 0 atom stereocenters. The molecule has 0 fully saturated rings. The Morgan fingerprint density at radius 2 is 0.904 bits per heavy atom. The first-order valence-electron chi connectivity index (χ1n) is 31.1. The van der Waals surface area contributed by atoms with E-state index in [1.807, 2.05) is 0 Å². The summed E-state index contributed by atoms with van der Waals surface area (Å²) in [5.74, 6) is 0. The van der Waals surface area contributed by atoms with Gasteiger partial charge in [-0.15, -0.1) is 0 Å². The number of fused-ring (bicyclic) bond motifs is 9. The lowest BCUT2D eigenvalue weighted by molar-refractivity contribution is 0.332. The highest BCUT2D eigenvalue weighted by Crippen LogP contribution is 2.57. The summed E-state index contributed by atoms with van der Waals surface area (Å²) in [6.07, 6.45) is 6.81. The standard InChI is InChI=1S/C78H84BN3O/c1-72(2,3)50-31-34-64(55(41-50)49-25-19-16-20-26-49)82-67-44-54(80(51-27-21-17-22-28-51)52-29-23-18-24-30-52)43-66-69(67)79(71-70(82)56-45-59-62(48-68(56)83-71)78(14,15)40-37-75(59,8)9)63-46-60-61(77(12,13)39-38-76(60,10)11)47-65(63)81(66)53-32-33-57-58(42-53)74(6,7)36-35-73(57,4)5/h16-34,41-48H,35-40H2,1-15H3. The lowest BCUT2D eigenvalue weighted by Gasteiger charge is -2.47. The van der Waals surface area contributed by atoms with Gasteiger partial charge >= 0.3 is 0 Å². The zero-order valence-electron chi connectivity index (χ0n) is 52.2. The minimum absolute atomic E-state index is 0.00208. The van der Waals surface area contributed by atoms with Gasteiger partial charge in [0, 0.05) is 45.1 Å². The summed E-state index contributed by atoms with van der Waals surface area (Å²) in [6, 6.07) is 63.5. The molecular formula is C78H84BN3O. The maximum atomic E-state index is 7.95. The predicted octanol–water partition coefficient (Wildman–Crippen LogP) is 20.0. The summed E-state index contributed by atoms with van der Waals surface area (Å²) >= 11 is 0. The molecule has 0 unspecified atom stereocenters. The van der Waals surface area contributed by atoms with Crippen LogP contribution in [0, 0.1) is 0 Å². The molecule has 420 valence electrons. The van der Waals surface area contributed by atoms with Gasteiger partial charge in [-0.1, -0.05) is 189 Å². The van der Waals surface area contributed by atoms with Gasteiger partial charge in [0.2, 0.25) is 0 Å². The quantitative estimate of drug-likeness (QED) is 0.155. The van der Waals surface area contributed by atoms with Gasteiger partial charge in [0.15, 0.2) is 0 Å². The van der Waals surface area contributed by atoms with Crippen molar-refractivity contribution in [1.29, 1.82) is 0 Å². The largest absolute Gasteiger partial charge is 0.468 e. The van der Waals surface area contributed by atoms with Gasteiger partial charge in [-0.2, -0.15) is 0 Å². The third-order valence-electron chi connectivity index (χ3n) is 21.2. The van der Waals surface area contributed by atoms with Crippen LogP contribution >= 0.6 is 0 Å². The van der Waals surface area contributed by atoms with Gasteiger partial charge < -0.3 is 19.1 Å². The van der Waals surface area contributed by atoms with Crippen LogP contribution in [-0.2, 0) is 37.9 Å². The van der Waals surface area contributed by atoms with E-state index in [-0.39, 0.29) is 44.6 Å². The van der Waals surface area contributed by atoms with Crippen LogP contribution in [0.25, 0.3) is 22.1 Å². The van der Waals surface area contributed by atoms with Crippen molar-refractivity contribution >= 4 is 85.5 Å². The normalized spacial score (nSPS) is 19.0. The van der Waals surface area contributed by atoms with Crippen LogP contribution < -0.4 is 31.3 Å². The summed E-state index contributed by atoms with van der Waals surface area (Å²) < 4.78 is 7.95. The smallest absolute Gasteiger partial charge is 0.297 e. The highest BCUT2D eigenvalue weighted by atomic mass is 16.3. The third-order valence-corrected chi connectivity index (χ3v) is 21.2. The molecule has 14 rings (SSSR count). The Morgan fingerprint density at radius 1 is 0.422 bits per heavy atom. The van der Waals surface area contributed by atoms with Gasteiger partial charge in [0.1, 0.15) is 5.58 Å². The van der Waals surface area contributed by atoms with E-state index in [0.717, 1.165) is 78.2 Å². The van der Waals surface area contributed by atoms with Crippen molar-refractivity contribution in [2.45, 2.75) is 180 Å². The van der Waals surface area contributed by atoms with Crippen LogP contribution in [0.3, 0.4) is 0 Å². The fraction of sp³-hybridized carbons (Fsp3) is 0.359. The van der Waals surface area contributed by atoms with Crippen molar-refractivity contribution in [3.63, 3.8) is 0 Å². The molecule has 4 nitrogen and oxygen atoms in total. The van der Waals surface area contributed by atoms with E-state index >= 15 is 0 Å². The maximum Gasteiger partial charge on any atom is 0.297 e. The molecule has 0 N–H and O–H groups in total. The number of para-hydroxylation sites is 2. The maximum absolute atomic E-state index is 7.95. The van der Waals surface area contributed by atoms with Gasteiger partial charge in [0.05, 0.1) is 22.7 Å². The van der Waals surface area contributed by atoms with E-state index in [0.29, 0.717) is 0 Å². The van der Waals surface area contributed by atoms with Crippen LogP contribution in [0.2, 0.25) is 0 Å². The third kappa shape index (κ3) is 8.35. The molecule has 5 heteroatoms. The van der Waals surface area contributed by atoms with Crippen molar-refractivity contribution < 1.29 is 4.42 Å². The Labute approximate surface area is 496 Å². The lowest BCUT2D eigenvalue weighted by Crippen LogP contribution is -2.61. The number of hydrogen-bond donors (Lipinski definition) is 0. The molecule has 3 heterocycles. The van der Waals surface area contributed by atoms with E-state index < -0.39 is 0 Å². The Balaban J connectivity index is 1.19. The molecule has 83 heavy (non-hydrogen) atoms. The first-order valence-corrected chi connectivity index (χ1v) is 31.1. The second-order valence-corrected chi connectivity index (χ2v) is 30.6. The molecule has 0 radical (unpaired) electrons. The summed E-state index contributed by atoms with van der Waals surface area (Å²) in [5, 5.41) is 1.17. The number of nitrogens with zero attached hydrogens (tertiary/aromatic N) is 3. The predicted molar refractivity (Wildman–Crippen MR) is 355 cm³/mol. The molecule has 3 aliphatic carbocycles. The highest BCUT2D eigenvalue weighted by Gasteiger charge is 2.51. The van der Waals surface area contributed by atoms with Gasteiger partial charge in [-0.05, 0) is 211 Å². The topological polar surface area (TPSA) is 22.9 Å². The highest BCUT2D eigenvalue weighted by molar-refractivity contribution is 7.00. The molecular weight excluding hydrogens is 1010 g/mol. The van der Waals surface area contributed by atoms with Crippen molar-refractivity contribution in [2.24, 2.45) is 0 Å². The van der Waals surface area contributed by atoms with E-state index in [9.17, 15) is 0 Å². The van der Waals surface area contributed by atoms with E-state index in [1.165, 1.54) is 89.1 Å². The molecule has 0 spiro atoms. The minimum Gasteiger partial charge on any atom is -0.468 e. The van der Waals surface area contributed by atoms with Gasteiger partial charge in [0.25, 0.3) is 6.71 Å². The molecule has 5 aliphatic rings. The Hall–Kier alpha value is -7.24. The number of anilines is 9. The molecule has 9 aromatic rings. The SMILES string of the molecule is CC(C)(C)c1ccc(N2c3cc(N(c4ccccc4)c4ccccc4)cc4c3B(c3cc5c(cc3N4c3ccc4c(c3)C(C)(C)CCC4(C)C)C(C)(C)CCC5(C)C)c3oc4cc5c(cc4c32)C(C)(C)CCC5(C)C)c(-c2ccccc2)c1. The molecule has 8 aromatic carbocycles. The zero-order chi connectivity index (χ0) is 58.1. The average Bonchev–Trinajstić information content (AvgIpc) is 1.99. The fourth-order valence-electron chi connectivity index (χ4n) is 15.6. The van der Waals surface area contributed by atoms with E-state index in [1.54, 1.807) is 0 Å². The van der Waals surface area contributed by atoms with Crippen LogP contribution in [-0.4, -0.2) is 6.71 Å². The van der Waals surface area contributed by atoms with Crippen LogP contribution in [0.15, 0.2) is 168 Å². The van der Waals surface area contributed by atoms with Crippen molar-refractivity contribution in [3.05, 3.63) is 203 Å². The fourth-order valence-corrected chi connectivity index (χ4v) is 15.6. The molecule has 1 aromatic heterocycles. The summed E-state index contributed by atoms with van der Waals surface area (Å²) in [7, 11) is 0. The number of hydrogen-bond acceptors (Lipinski definition) is 4. The molecule has 0 amide bonds. The number of rotatable bonds is 6. The zero-order valence-corrected chi connectivity index (χ0v) is 52.2. The van der Waals surface area contributed by atoms with E-state index in [4.69, 9.17) is 4.42 Å². The number of furan rings is 1. The molecule has 2 aliphatic heterocycles. The first-order chi connectivity index (χ1) is 39.2. The molecule has 0 saturated heterocycles. The van der Waals surface area contributed by atoms with Crippen molar-refractivity contribution in [1.82, 2.24) is 0 Å². The van der Waals surface area contributed by atoms with Crippen LogP contribution in [0.5, 0.6) is 0 Å². The summed E-state index contributed by atoms with van der Waals surface area (Å²) in [6.45, 7) is 36.4. The van der Waals surface area contributed by atoms with Crippen LogP contribution in [0.4, 0.5) is 51.2 Å². The van der Waals surface area contributed by atoms with Gasteiger partial charge in [-0.3, -0.25) is 0 Å². The average molecular weight is 1090 g/mol. The van der Waals surface area contributed by atoms with Crippen molar-refractivity contribution in [3.8, 4) is 11.1 Å². The Kier molecular flexibility index (Phi) is 11.7. The molecule has 0 saturated carbocycles. The second kappa shape index (κ2) is 18.1. The van der Waals surface area contributed by atoms with Crippen molar-refractivity contribution in [2.75, 3.05) is 14.7 Å². The van der Waals surface area contributed by atoms with Gasteiger partial charge in [-0.25, -0.2) is 0 Å². The summed E-state index contributed by atoms with van der Waals surface area (Å²) in [4.78, 5) is 7.86. The first kappa shape index (κ1) is 53.8. The monoisotopic (exact) mass is 1090 g/mol. The number of benzene rings is 8. The minimum atomic E-state index is -0.230. The van der Waals surface area contributed by atoms with E-state index in [2.05, 4.69) is 282 Å². The summed E-state index contributed by atoms with van der Waals surface area (Å²) in [5.41, 5.74) is 27.2. The Bertz CT molecular complexity index is 4050. The lowest BCUT2D eigenvalue weighted by atomic mass is 9.35. The Morgan fingerprint density at radius 3 is 1.46 bits per heavy atom. The molecule has 0 bridgehead atoms. The second-order valence-electron chi connectivity index (χ2n) is 30.6.